The maximum absolute atomic E-state index is 12.7. The second-order valence-corrected chi connectivity index (χ2v) is 7.69. The van der Waals surface area contributed by atoms with E-state index >= 15 is 0 Å². The van der Waals surface area contributed by atoms with Gasteiger partial charge < -0.3 is 14.5 Å². The van der Waals surface area contributed by atoms with Crippen LogP contribution in [0.4, 0.5) is 5.69 Å². The van der Waals surface area contributed by atoms with E-state index < -0.39 is 0 Å². The Morgan fingerprint density at radius 3 is 2.90 bits per heavy atom. The lowest BCUT2D eigenvalue weighted by atomic mass is 10.2. The first-order valence-corrected chi connectivity index (χ1v) is 10.5. The van der Waals surface area contributed by atoms with Gasteiger partial charge in [0.1, 0.15) is 11.3 Å². The van der Waals surface area contributed by atoms with E-state index in [4.69, 9.17) is 9.15 Å². The largest absolute Gasteiger partial charge is 0.494 e. The molecule has 0 atom stereocenters. The zero-order valence-corrected chi connectivity index (χ0v) is 18.0. The number of benzene rings is 2. The Morgan fingerprint density at radius 1 is 1.17 bits per heavy atom. The van der Waals surface area contributed by atoms with Crippen LogP contribution in [0.2, 0.25) is 0 Å². The number of halogens is 1. The van der Waals surface area contributed by atoms with E-state index in [0.717, 1.165) is 22.9 Å². The highest BCUT2D eigenvalue weighted by Gasteiger charge is 2.12. The minimum atomic E-state index is -0.213. The minimum Gasteiger partial charge on any atom is -0.494 e. The van der Waals surface area contributed by atoms with E-state index in [1.54, 1.807) is 42.7 Å². The van der Waals surface area contributed by atoms with E-state index in [1.807, 2.05) is 18.2 Å². The van der Waals surface area contributed by atoms with Gasteiger partial charge in [0.25, 0.3) is 5.91 Å². The van der Waals surface area contributed by atoms with Crippen molar-refractivity contribution in [3.8, 4) is 17.2 Å². The summed E-state index contributed by atoms with van der Waals surface area (Å²) in [7, 11) is 0. The highest BCUT2D eigenvalue weighted by Crippen LogP contribution is 2.27. The summed E-state index contributed by atoms with van der Waals surface area (Å²) in [4.78, 5) is 21.3. The molecule has 0 spiro atoms. The number of nitrogens with one attached hydrogen (secondary N) is 1. The third kappa shape index (κ3) is 4.68. The first-order chi connectivity index (χ1) is 14.6. The first-order valence-electron chi connectivity index (χ1n) is 9.68. The maximum atomic E-state index is 12.7. The van der Waals surface area contributed by atoms with Crippen molar-refractivity contribution in [1.29, 1.82) is 0 Å². The van der Waals surface area contributed by atoms with Gasteiger partial charge in [-0.05, 0) is 64.8 Å². The second kappa shape index (κ2) is 9.09. The van der Waals surface area contributed by atoms with Crippen molar-refractivity contribution in [3.63, 3.8) is 0 Å². The summed E-state index contributed by atoms with van der Waals surface area (Å²) in [5.74, 6) is 0.949. The number of oxazole rings is 1. The van der Waals surface area contributed by atoms with Crippen LogP contribution in [0.15, 0.2) is 69.8 Å². The standard InChI is InChI=1S/C23H20BrN3O3/c1-2-3-9-29-19-6-4-5-15(11-19)22(28)26-18-7-8-21-20(12-18)27-23(30-21)16-10-17(24)14-25-13-16/h4-8,10-14H,2-3,9H2,1H3,(H,26,28). The molecule has 0 radical (unpaired) electrons. The van der Waals surface area contributed by atoms with Crippen LogP contribution in [0.25, 0.3) is 22.6 Å². The third-order valence-corrected chi connectivity index (χ3v) is 4.89. The predicted octanol–water partition coefficient (Wildman–Crippen LogP) is 6.08. The summed E-state index contributed by atoms with van der Waals surface area (Å²) in [5.41, 5.74) is 3.22. The molecule has 7 heteroatoms. The van der Waals surface area contributed by atoms with Gasteiger partial charge in [0.15, 0.2) is 5.58 Å². The van der Waals surface area contributed by atoms with Gasteiger partial charge in [-0.15, -0.1) is 0 Å². The van der Waals surface area contributed by atoms with Gasteiger partial charge in [-0.2, -0.15) is 0 Å². The Morgan fingerprint density at radius 2 is 2.07 bits per heavy atom. The average Bonchev–Trinajstić information content (AvgIpc) is 3.18. The molecule has 6 nitrogen and oxygen atoms in total. The lowest BCUT2D eigenvalue weighted by Gasteiger charge is -2.08. The molecule has 2 heterocycles. The number of aromatic nitrogens is 2. The number of hydrogen-bond acceptors (Lipinski definition) is 5. The summed E-state index contributed by atoms with van der Waals surface area (Å²) in [6, 6.07) is 14.4. The Hall–Kier alpha value is -3.19. The van der Waals surface area contributed by atoms with Crippen LogP contribution in [0, 0.1) is 0 Å². The van der Waals surface area contributed by atoms with E-state index in [9.17, 15) is 4.79 Å². The predicted molar refractivity (Wildman–Crippen MR) is 120 cm³/mol. The number of carbonyl (C=O) groups excluding carboxylic acids is 1. The highest BCUT2D eigenvalue weighted by molar-refractivity contribution is 9.10. The van der Waals surface area contributed by atoms with Gasteiger partial charge in [0, 0.05) is 28.1 Å². The van der Waals surface area contributed by atoms with Crippen LogP contribution >= 0.6 is 15.9 Å². The fraction of sp³-hybridized carbons (Fsp3) is 0.174. The Labute approximate surface area is 182 Å². The Balaban J connectivity index is 1.51. The van der Waals surface area contributed by atoms with Crippen LogP contribution in [-0.2, 0) is 0 Å². The summed E-state index contributed by atoms with van der Waals surface area (Å²) >= 11 is 3.40. The molecule has 1 N–H and O–H groups in total. The second-order valence-electron chi connectivity index (χ2n) is 6.78. The van der Waals surface area contributed by atoms with E-state index in [2.05, 4.69) is 38.1 Å². The summed E-state index contributed by atoms with van der Waals surface area (Å²) < 4.78 is 12.3. The van der Waals surface area contributed by atoms with Crippen LogP contribution in [-0.4, -0.2) is 22.5 Å². The first kappa shape index (κ1) is 20.1. The molecule has 0 aliphatic rings. The fourth-order valence-corrected chi connectivity index (χ4v) is 3.29. The minimum absolute atomic E-state index is 0.213. The highest BCUT2D eigenvalue weighted by atomic mass is 79.9. The molecule has 2 aromatic carbocycles. The van der Waals surface area contributed by atoms with Crippen LogP contribution in [0.5, 0.6) is 5.75 Å². The molecule has 0 fully saturated rings. The topological polar surface area (TPSA) is 77.2 Å². The monoisotopic (exact) mass is 465 g/mol. The fourth-order valence-electron chi connectivity index (χ4n) is 2.92. The molecule has 152 valence electrons. The Kier molecular flexibility index (Phi) is 6.09. The molecule has 4 rings (SSSR count). The quantitative estimate of drug-likeness (QED) is 0.334. The Bertz CT molecular complexity index is 1190. The normalized spacial score (nSPS) is 10.9. The van der Waals surface area contributed by atoms with Gasteiger partial charge in [0.2, 0.25) is 5.89 Å². The van der Waals surface area contributed by atoms with Gasteiger partial charge >= 0.3 is 0 Å². The molecule has 30 heavy (non-hydrogen) atoms. The summed E-state index contributed by atoms with van der Waals surface area (Å²) in [6.07, 6.45) is 5.42. The number of anilines is 1. The van der Waals surface area contributed by atoms with Gasteiger partial charge in [-0.3, -0.25) is 9.78 Å². The molecule has 0 saturated carbocycles. The number of amides is 1. The van der Waals surface area contributed by atoms with E-state index in [0.29, 0.717) is 40.6 Å². The number of hydrogen-bond donors (Lipinski definition) is 1. The number of fused-ring (bicyclic) bond motifs is 1. The lowest BCUT2D eigenvalue weighted by molar-refractivity contribution is 0.102. The van der Waals surface area contributed by atoms with Gasteiger partial charge in [-0.1, -0.05) is 19.4 Å². The van der Waals surface area contributed by atoms with Crippen LogP contribution < -0.4 is 10.1 Å². The van der Waals surface area contributed by atoms with Crippen molar-refractivity contribution in [2.45, 2.75) is 19.8 Å². The van der Waals surface area contributed by atoms with E-state index in [1.165, 1.54) is 0 Å². The molecule has 2 aromatic heterocycles. The van der Waals surface area contributed by atoms with Crippen molar-refractivity contribution >= 4 is 38.6 Å². The maximum Gasteiger partial charge on any atom is 0.255 e. The number of ether oxygens (including phenoxy) is 1. The zero-order chi connectivity index (χ0) is 20.9. The number of rotatable bonds is 7. The van der Waals surface area contributed by atoms with Crippen molar-refractivity contribution in [2.75, 3.05) is 11.9 Å². The van der Waals surface area contributed by atoms with Crippen LogP contribution in [0.1, 0.15) is 30.1 Å². The van der Waals surface area contributed by atoms with Crippen molar-refractivity contribution in [3.05, 3.63) is 71.0 Å². The third-order valence-electron chi connectivity index (χ3n) is 4.46. The van der Waals surface area contributed by atoms with Crippen molar-refractivity contribution in [2.24, 2.45) is 0 Å². The number of carbonyl (C=O) groups is 1. The molecular weight excluding hydrogens is 446 g/mol. The number of nitrogens with zero attached hydrogens (tertiary/aromatic N) is 2. The van der Waals surface area contributed by atoms with Crippen LogP contribution in [0.3, 0.4) is 0 Å². The lowest BCUT2D eigenvalue weighted by Crippen LogP contribution is -2.12. The SMILES string of the molecule is CCCCOc1cccc(C(=O)Nc2ccc3oc(-c4cncc(Br)c4)nc3c2)c1. The molecule has 0 unspecified atom stereocenters. The molecule has 0 bridgehead atoms. The molecule has 0 aliphatic carbocycles. The van der Waals surface area contributed by atoms with Crippen molar-refractivity contribution in [1.82, 2.24) is 9.97 Å². The average molecular weight is 466 g/mol. The van der Waals surface area contributed by atoms with Crippen molar-refractivity contribution < 1.29 is 13.9 Å². The molecule has 0 aliphatic heterocycles. The summed E-state index contributed by atoms with van der Waals surface area (Å²) in [6.45, 7) is 2.75. The zero-order valence-electron chi connectivity index (χ0n) is 16.4. The molecular formula is C23H20BrN3O3. The molecule has 0 saturated heterocycles. The molecule has 4 aromatic rings. The number of unbranched alkanes of at least 4 members (excludes halogenated alkanes) is 1. The number of pyridine rings is 1. The smallest absolute Gasteiger partial charge is 0.255 e. The van der Waals surface area contributed by atoms with Gasteiger partial charge in [0.05, 0.1) is 12.2 Å². The van der Waals surface area contributed by atoms with E-state index in [-0.39, 0.29) is 5.91 Å². The molecule has 1 amide bonds. The summed E-state index contributed by atoms with van der Waals surface area (Å²) in [5, 5.41) is 2.91. The van der Waals surface area contributed by atoms with Gasteiger partial charge in [-0.25, -0.2) is 4.98 Å².